The summed E-state index contributed by atoms with van der Waals surface area (Å²) < 4.78 is 5.36. The number of hydrogen-bond donors (Lipinski definition) is 2. The SMILES string of the molecule is COc1ccc2ncc(Cl)c([C@H](O)CCC3(CO)CCN(CCCSc4ccccc4)CC3)c2c1. The average molecular weight is 515 g/mol. The van der Waals surface area contributed by atoms with Gasteiger partial charge in [0.15, 0.2) is 0 Å². The van der Waals surface area contributed by atoms with E-state index in [1.54, 1.807) is 13.3 Å². The van der Waals surface area contributed by atoms with Crippen molar-refractivity contribution >= 4 is 34.3 Å². The fourth-order valence-corrected chi connectivity index (χ4v) is 6.09. The maximum absolute atomic E-state index is 11.1. The summed E-state index contributed by atoms with van der Waals surface area (Å²) >= 11 is 8.39. The Morgan fingerprint density at radius 1 is 1.17 bits per heavy atom. The van der Waals surface area contributed by atoms with Gasteiger partial charge in [0.05, 0.1) is 23.8 Å². The van der Waals surface area contributed by atoms with E-state index in [1.807, 2.05) is 30.0 Å². The van der Waals surface area contributed by atoms with Crippen molar-refractivity contribution in [3.8, 4) is 5.75 Å². The molecule has 0 amide bonds. The molecule has 35 heavy (non-hydrogen) atoms. The number of piperidine rings is 1. The number of rotatable bonds is 11. The topological polar surface area (TPSA) is 65.8 Å². The van der Waals surface area contributed by atoms with Crippen LogP contribution >= 0.6 is 23.4 Å². The Labute approximate surface area is 217 Å². The molecule has 0 bridgehead atoms. The van der Waals surface area contributed by atoms with Crippen molar-refractivity contribution in [1.29, 1.82) is 0 Å². The zero-order valence-corrected chi connectivity index (χ0v) is 21.9. The van der Waals surface area contributed by atoms with Gasteiger partial charge in [-0.1, -0.05) is 29.8 Å². The summed E-state index contributed by atoms with van der Waals surface area (Å²) in [5.41, 5.74) is 1.32. The van der Waals surface area contributed by atoms with Gasteiger partial charge in [-0.2, -0.15) is 0 Å². The predicted octanol–water partition coefficient (Wildman–Crippen LogP) is 5.97. The Hall–Kier alpha value is -1.83. The van der Waals surface area contributed by atoms with Crippen LogP contribution in [0.15, 0.2) is 59.6 Å². The molecule has 2 heterocycles. The predicted molar refractivity (Wildman–Crippen MR) is 144 cm³/mol. The van der Waals surface area contributed by atoms with Gasteiger partial charge in [0.2, 0.25) is 0 Å². The van der Waals surface area contributed by atoms with Crippen LogP contribution in [-0.4, -0.2) is 59.2 Å². The molecule has 0 spiro atoms. The molecule has 3 aromatic rings. The Morgan fingerprint density at radius 2 is 1.94 bits per heavy atom. The van der Waals surface area contributed by atoms with Crippen molar-refractivity contribution in [3.63, 3.8) is 0 Å². The summed E-state index contributed by atoms with van der Waals surface area (Å²) in [4.78, 5) is 8.22. The lowest BCUT2D eigenvalue weighted by atomic mass is 9.74. The fourth-order valence-electron chi connectivity index (χ4n) is 4.95. The molecular formula is C28H35ClN2O3S. The van der Waals surface area contributed by atoms with Gasteiger partial charge in [0.25, 0.3) is 0 Å². The number of nitrogens with zero attached hydrogens (tertiary/aromatic N) is 2. The number of ether oxygens (including phenoxy) is 1. The van der Waals surface area contributed by atoms with Crippen molar-refractivity contribution in [1.82, 2.24) is 9.88 Å². The molecule has 188 valence electrons. The quantitative estimate of drug-likeness (QED) is 0.243. The smallest absolute Gasteiger partial charge is 0.119 e. The molecule has 1 fully saturated rings. The number of thioether (sulfide) groups is 1. The van der Waals surface area contributed by atoms with Gasteiger partial charge >= 0.3 is 0 Å². The van der Waals surface area contributed by atoms with Crippen LogP contribution in [0.25, 0.3) is 10.9 Å². The number of aromatic nitrogens is 1. The van der Waals surface area contributed by atoms with E-state index in [-0.39, 0.29) is 12.0 Å². The number of likely N-dealkylation sites (tertiary alicyclic amines) is 1. The number of fused-ring (bicyclic) bond motifs is 1. The minimum atomic E-state index is -0.725. The van der Waals surface area contributed by atoms with E-state index >= 15 is 0 Å². The van der Waals surface area contributed by atoms with Crippen LogP contribution in [0, 0.1) is 5.41 Å². The van der Waals surface area contributed by atoms with Crippen LogP contribution in [0.5, 0.6) is 5.75 Å². The minimum Gasteiger partial charge on any atom is -0.497 e. The van der Waals surface area contributed by atoms with Gasteiger partial charge in [0.1, 0.15) is 5.75 Å². The Balaban J connectivity index is 1.30. The van der Waals surface area contributed by atoms with Crippen molar-refractivity contribution in [2.45, 2.75) is 43.1 Å². The number of hydrogen-bond acceptors (Lipinski definition) is 6. The first-order valence-electron chi connectivity index (χ1n) is 12.3. The van der Waals surface area contributed by atoms with Crippen molar-refractivity contribution in [3.05, 3.63) is 65.3 Å². The van der Waals surface area contributed by atoms with E-state index < -0.39 is 6.10 Å². The molecule has 0 saturated carbocycles. The first kappa shape index (κ1) is 26.2. The fraction of sp³-hybridized carbons (Fsp3) is 0.464. The highest BCUT2D eigenvalue weighted by atomic mass is 35.5. The summed E-state index contributed by atoms with van der Waals surface area (Å²) in [6.07, 6.45) is 5.22. The molecule has 0 aliphatic carbocycles. The highest BCUT2D eigenvalue weighted by molar-refractivity contribution is 7.99. The summed E-state index contributed by atoms with van der Waals surface area (Å²) in [6.45, 7) is 3.21. The van der Waals surface area contributed by atoms with Gasteiger partial charge in [-0.15, -0.1) is 11.8 Å². The summed E-state index contributed by atoms with van der Waals surface area (Å²) in [5.74, 6) is 1.82. The minimum absolute atomic E-state index is 0.149. The van der Waals surface area contributed by atoms with Crippen molar-refractivity contribution in [2.75, 3.05) is 39.1 Å². The summed E-state index contributed by atoms with van der Waals surface area (Å²) in [5, 5.41) is 22.7. The molecule has 0 unspecified atom stereocenters. The molecule has 0 radical (unpaired) electrons. The number of aliphatic hydroxyl groups excluding tert-OH is 2. The maximum atomic E-state index is 11.1. The van der Waals surface area contributed by atoms with E-state index in [2.05, 4.69) is 40.2 Å². The lowest BCUT2D eigenvalue weighted by Gasteiger charge is -2.41. The molecule has 1 atom stereocenters. The van der Waals surface area contributed by atoms with Gasteiger partial charge in [-0.05, 0) is 93.2 Å². The first-order chi connectivity index (χ1) is 17.0. The van der Waals surface area contributed by atoms with Crippen LogP contribution in [0.4, 0.5) is 0 Å². The first-order valence-corrected chi connectivity index (χ1v) is 13.7. The monoisotopic (exact) mass is 514 g/mol. The number of benzene rings is 2. The van der Waals surface area contributed by atoms with Crippen LogP contribution < -0.4 is 4.74 Å². The highest BCUT2D eigenvalue weighted by Crippen LogP contribution is 2.40. The third-order valence-corrected chi connectivity index (χ3v) is 8.63. The number of pyridine rings is 1. The second-order valence-electron chi connectivity index (χ2n) is 9.47. The van der Waals surface area contributed by atoms with Gasteiger partial charge in [0, 0.05) is 28.6 Å². The van der Waals surface area contributed by atoms with Crippen LogP contribution in [0.2, 0.25) is 5.02 Å². The molecule has 1 saturated heterocycles. The molecule has 7 heteroatoms. The van der Waals surface area contributed by atoms with E-state index in [9.17, 15) is 10.2 Å². The summed E-state index contributed by atoms with van der Waals surface area (Å²) in [6, 6.07) is 16.2. The van der Waals surface area contributed by atoms with Crippen molar-refractivity contribution in [2.24, 2.45) is 5.41 Å². The maximum Gasteiger partial charge on any atom is 0.119 e. The third kappa shape index (κ3) is 6.69. The Bertz CT molecular complexity index is 1090. The standard InChI is InChI=1S/C28H35ClN2O3S/c1-34-21-8-9-25-23(18-21)27(24(29)19-30-25)26(33)10-11-28(20-32)12-15-31(16-13-28)14-5-17-35-22-6-3-2-4-7-22/h2-4,6-9,18-19,26,32-33H,5,10-17,20H2,1H3/t26-/m1/s1. The van der Waals surface area contributed by atoms with E-state index in [4.69, 9.17) is 16.3 Å². The van der Waals surface area contributed by atoms with E-state index in [0.717, 1.165) is 62.0 Å². The Kier molecular flexibility index (Phi) is 9.31. The average Bonchev–Trinajstić information content (AvgIpc) is 2.90. The number of methoxy groups -OCH3 is 1. The zero-order chi connectivity index (χ0) is 24.7. The lowest BCUT2D eigenvalue weighted by Crippen LogP contribution is -2.42. The van der Waals surface area contributed by atoms with Gasteiger partial charge in [-0.25, -0.2) is 0 Å². The molecule has 5 nitrogen and oxygen atoms in total. The Morgan fingerprint density at radius 3 is 2.66 bits per heavy atom. The molecular weight excluding hydrogens is 480 g/mol. The third-order valence-electron chi connectivity index (χ3n) is 7.23. The zero-order valence-electron chi connectivity index (χ0n) is 20.3. The summed E-state index contributed by atoms with van der Waals surface area (Å²) in [7, 11) is 1.62. The highest BCUT2D eigenvalue weighted by Gasteiger charge is 2.34. The molecule has 1 aliphatic rings. The number of halogens is 1. The molecule has 2 aromatic carbocycles. The van der Waals surface area contributed by atoms with E-state index in [1.165, 1.54) is 4.90 Å². The molecule has 1 aromatic heterocycles. The normalized spacial score (nSPS) is 16.9. The van der Waals surface area contributed by atoms with Gasteiger partial charge < -0.3 is 19.8 Å². The second kappa shape index (κ2) is 12.4. The second-order valence-corrected chi connectivity index (χ2v) is 11.0. The molecule has 2 N–H and O–H groups in total. The molecule has 1 aliphatic heterocycles. The van der Waals surface area contributed by atoms with Crippen LogP contribution in [0.1, 0.15) is 43.8 Å². The molecule has 4 rings (SSSR count). The largest absolute Gasteiger partial charge is 0.497 e. The number of aliphatic hydroxyl groups is 2. The lowest BCUT2D eigenvalue weighted by molar-refractivity contribution is 0.0238. The van der Waals surface area contributed by atoms with Crippen molar-refractivity contribution < 1.29 is 14.9 Å². The van der Waals surface area contributed by atoms with Crippen LogP contribution in [-0.2, 0) is 0 Å². The van der Waals surface area contributed by atoms with E-state index in [0.29, 0.717) is 22.8 Å². The van der Waals surface area contributed by atoms with Crippen LogP contribution in [0.3, 0.4) is 0 Å². The van der Waals surface area contributed by atoms with Gasteiger partial charge in [-0.3, -0.25) is 4.98 Å².